The second kappa shape index (κ2) is 9.74. The summed E-state index contributed by atoms with van der Waals surface area (Å²) in [6, 6.07) is 16.0. The molecule has 0 bridgehead atoms. The minimum absolute atomic E-state index is 0.0944. The summed E-state index contributed by atoms with van der Waals surface area (Å²) >= 11 is 6.13. The van der Waals surface area contributed by atoms with E-state index in [1.807, 2.05) is 24.3 Å². The van der Waals surface area contributed by atoms with E-state index in [0.29, 0.717) is 34.4 Å². The van der Waals surface area contributed by atoms with Gasteiger partial charge in [-0.2, -0.15) is 13.2 Å². The Morgan fingerprint density at radius 1 is 1.08 bits per heavy atom. The number of aromatic nitrogens is 3. The largest absolute Gasteiger partial charge is 0.490 e. The van der Waals surface area contributed by atoms with Gasteiger partial charge in [0.05, 0.1) is 25.0 Å². The first-order chi connectivity index (χ1) is 17.7. The SMILES string of the molecule is O=C(Nc1ccc(N2CC(OC(=O)C(F)(F)F)C2)nc1)c1cc2cccnc2n1Cc1cccc(Cl)c1. The van der Waals surface area contributed by atoms with Crippen molar-refractivity contribution in [1.29, 1.82) is 0 Å². The molecule has 1 aliphatic rings. The number of fused-ring (bicyclic) bond motifs is 1. The third-order valence-electron chi connectivity index (χ3n) is 5.80. The fourth-order valence-corrected chi connectivity index (χ4v) is 4.23. The Labute approximate surface area is 213 Å². The van der Waals surface area contributed by atoms with Gasteiger partial charge in [0.15, 0.2) is 0 Å². The Kier molecular flexibility index (Phi) is 6.46. The van der Waals surface area contributed by atoms with E-state index in [0.717, 1.165) is 10.9 Å². The third-order valence-corrected chi connectivity index (χ3v) is 6.04. The first kappa shape index (κ1) is 24.6. The number of pyridine rings is 2. The lowest BCUT2D eigenvalue weighted by atomic mass is 10.1. The van der Waals surface area contributed by atoms with Crippen molar-refractivity contribution in [1.82, 2.24) is 14.5 Å². The number of alkyl halides is 3. The maximum Gasteiger partial charge on any atom is 0.490 e. The lowest BCUT2D eigenvalue weighted by Gasteiger charge is -2.39. The maximum atomic E-state index is 13.2. The number of benzene rings is 1. The Balaban J connectivity index is 1.27. The zero-order chi connectivity index (χ0) is 26.2. The van der Waals surface area contributed by atoms with E-state index in [9.17, 15) is 22.8 Å². The van der Waals surface area contributed by atoms with Crippen LogP contribution in [0.3, 0.4) is 0 Å². The molecule has 37 heavy (non-hydrogen) atoms. The molecule has 8 nitrogen and oxygen atoms in total. The van der Waals surface area contributed by atoms with Crippen LogP contribution in [0.4, 0.5) is 24.7 Å². The van der Waals surface area contributed by atoms with Gasteiger partial charge in [-0.15, -0.1) is 0 Å². The minimum atomic E-state index is -5.02. The smallest absolute Gasteiger partial charge is 0.452 e. The number of rotatable bonds is 6. The number of hydrogen-bond donors (Lipinski definition) is 1. The standard InChI is InChI=1S/C25H19ClF3N5O3/c26-17-5-1-3-15(9-17)12-34-20(10-16-4-2-8-30-22(16)34)23(35)32-18-6-7-21(31-11-18)33-13-19(14-33)37-24(36)25(27,28)29/h1-11,19H,12-14H2,(H,32,35). The van der Waals surface area contributed by atoms with Crippen LogP contribution in [-0.4, -0.2) is 51.8 Å². The molecule has 4 heterocycles. The lowest BCUT2D eigenvalue weighted by Crippen LogP contribution is -2.54. The Bertz CT molecular complexity index is 1470. The lowest BCUT2D eigenvalue weighted by molar-refractivity contribution is -0.205. The van der Waals surface area contributed by atoms with Crippen LogP contribution in [0.25, 0.3) is 11.0 Å². The first-order valence-electron chi connectivity index (χ1n) is 11.2. The van der Waals surface area contributed by atoms with Crippen LogP contribution in [0.5, 0.6) is 0 Å². The second-order valence-electron chi connectivity index (χ2n) is 8.45. The Hall–Kier alpha value is -4.12. The number of carbonyl (C=O) groups is 2. The molecule has 12 heteroatoms. The van der Waals surface area contributed by atoms with Crippen molar-refractivity contribution in [3.63, 3.8) is 0 Å². The van der Waals surface area contributed by atoms with E-state index >= 15 is 0 Å². The molecule has 1 amide bonds. The monoisotopic (exact) mass is 529 g/mol. The molecule has 1 fully saturated rings. The molecule has 5 rings (SSSR count). The Morgan fingerprint density at radius 2 is 1.89 bits per heavy atom. The predicted octanol–water partition coefficient (Wildman–Crippen LogP) is 4.68. The predicted molar refractivity (Wildman–Crippen MR) is 131 cm³/mol. The summed E-state index contributed by atoms with van der Waals surface area (Å²) in [6.45, 7) is 0.574. The third kappa shape index (κ3) is 5.36. The summed E-state index contributed by atoms with van der Waals surface area (Å²) in [4.78, 5) is 34.5. The highest BCUT2D eigenvalue weighted by atomic mass is 35.5. The average molecular weight is 530 g/mol. The van der Waals surface area contributed by atoms with Gasteiger partial charge in [-0.1, -0.05) is 23.7 Å². The fraction of sp³-hybridized carbons (Fsp3) is 0.200. The molecular formula is C25H19ClF3N5O3. The van der Waals surface area contributed by atoms with E-state index in [1.54, 1.807) is 46.0 Å². The van der Waals surface area contributed by atoms with Crippen molar-refractivity contribution < 1.29 is 27.5 Å². The molecule has 0 spiro atoms. The van der Waals surface area contributed by atoms with Crippen molar-refractivity contribution in [2.75, 3.05) is 23.3 Å². The topological polar surface area (TPSA) is 89.3 Å². The van der Waals surface area contributed by atoms with Gasteiger partial charge >= 0.3 is 12.1 Å². The molecule has 4 aromatic rings. The van der Waals surface area contributed by atoms with Crippen LogP contribution in [0, 0.1) is 0 Å². The molecule has 1 N–H and O–H groups in total. The molecule has 0 saturated carbocycles. The van der Waals surface area contributed by atoms with Gasteiger partial charge in [0.1, 0.15) is 23.3 Å². The summed E-state index contributed by atoms with van der Waals surface area (Å²) in [7, 11) is 0. The van der Waals surface area contributed by atoms with Gasteiger partial charge < -0.3 is 19.5 Å². The van der Waals surface area contributed by atoms with Crippen LogP contribution in [0.2, 0.25) is 5.02 Å². The van der Waals surface area contributed by atoms with Crippen molar-refractivity contribution in [3.05, 3.63) is 83.3 Å². The molecule has 0 radical (unpaired) electrons. The number of hydrogen-bond acceptors (Lipinski definition) is 6. The average Bonchev–Trinajstić information content (AvgIpc) is 3.19. The van der Waals surface area contributed by atoms with E-state index in [1.165, 1.54) is 6.20 Å². The summed E-state index contributed by atoms with van der Waals surface area (Å²) in [5.74, 6) is -2.08. The van der Waals surface area contributed by atoms with E-state index in [4.69, 9.17) is 11.6 Å². The summed E-state index contributed by atoms with van der Waals surface area (Å²) < 4.78 is 43.2. The highest BCUT2D eigenvalue weighted by Crippen LogP contribution is 2.26. The highest BCUT2D eigenvalue weighted by Gasteiger charge is 2.44. The number of esters is 1. The molecule has 1 aliphatic heterocycles. The van der Waals surface area contributed by atoms with E-state index in [-0.39, 0.29) is 19.0 Å². The normalized spacial score (nSPS) is 13.9. The number of nitrogens with one attached hydrogen (secondary N) is 1. The summed E-state index contributed by atoms with van der Waals surface area (Å²) in [5.41, 5.74) is 2.39. The number of halogens is 4. The molecule has 0 unspecified atom stereocenters. The van der Waals surface area contributed by atoms with Crippen LogP contribution >= 0.6 is 11.6 Å². The molecule has 0 atom stereocenters. The van der Waals surface area contributed by atoms with E-state index in [2.05, 4.69) is 20.0 Å². The van der Waals surface area contributed by atoms with Gasteiger partial charge in [0, 0.05) is 23.2 Å². The van der Waals surface area contributed by atoms with Gasteiger partial charge in [-0.3, -0.25) is 4.79 Å². The van der Waals surface area contributed by atoms with Gasteiger partial charge in [-0.25, -0.2) is 14.8 Å². The number of anilines is 2. The molecular weight excluding hydrogens is 511 g/mol. The molecule has 1 aromatic carbocycles. The van der Waals surface area contributed by atoms with Crippen LogP contribution < -0.4 is 10.2 Å². The summed E-state index contributed by atoms with van der Waals surface area (Å²) in [5, 5.41) is 4.22. The van der Waals surface area contributed by atoms with Crippen LogP contribution in [-0.2, 0) is 16.1 Å². The van der Waals surface area contributed by atoms with Gasteiger partial charge in [0.2, 0.25) is 0 Å². The zero-order valence-electron chi connectivity index (χ0n) is 19.1. The maximum absolute atomic E-state index is 13.2. The number of nitrogens with zero attached hydrogens (tertiary/aromatic N) is 4. The van der Waals surface area contributed by atoms with Gasteiger partial charge in [-0.05, 0) is 48.0 Å². The molecule has 0 aliphatic carbocycles. The van der Waals surface area contributed by atoms with E-state index < -0.39 is 18.2 Å². The zero-order valence-corrected chi connectivity index (χ0v) is 19.8. The minimum Gasteiger partial charge on any atom is -0.452 e. The Morgan fingerprint density at radius 3 is 2.59 bits per heavy atom. The highest BCUT2D eigenvalue weighted by molar-refractivity contribution is 6.30. The quantitative estimate of drug-likeness (QED) is 0.365. The van der Waals surface area contributed by atoms with Crippen molar-refractivity contribution in [2.24, 2.45) is 0 Å². The van der Waals surface area contributed by atoms with Crippen molar-refractivity contribution in [2.45, 2.75) is 18.8 Å². The first-order valence-corrected chi connectivity index (χ1v) is 11.5. The summed E-state index contributed by atoms with van der Waals surface area (Å²) in [6.07, 6.45) is -2.77. The number of amides is 1. The fourth-order valence-electron chi connectivity index (χ4n) is 4.01. The number of ether oxygens (including phenoxy) is 1. The molecule has 190 valence electrons. The molecule has 3 aromatic heterocycles. The van der Waals surface area contributed by atoms with Crippen molar-refractivity contribution >= 4 is 46.0 Å². The second-order valence-corrected chi connectivity index (χ2v) is 8.89. The number of carbonyl (C=O) groups excluding carboxylic acids is 2. The van der Waals surface area contributed by atoms with Crippen LogP contribution in [0.15, 0.2) is 67.0 Å². The molecule has 1 saturated heterocycles. The van der Waals surface area contributed by atoms with Crippen LogP contribution in [0.1, 0.15) is 16.1 Å². The van der Waals surface area contributed by atoms with Gasteiger partial charge in [0.25, 0.3) is 5.91 Å². The van der Waals surface area contributed by atoms with Crippen molar-refractivity contribution in [3.8, 4) is 0 Å².